The standard InChI is InChI=1S/C14H15NO3.ClH/c1-18-12-5-4-10-6-9(2-3-11(10)8-12)7-13(15)14(16)17;/h2-6,8,13H,7,15H2,1H3,(H,16,17);1H. The molecular formula is C14H16ClNO3. The van der Waals surface area contributed by atoms with Crippen molar-refractivity contribution in [3.8, 4) is 5.75 Å². The third kappa shape index (κ3) is 3.59. The average molecular weight is 282 g/mol. The van der Waals surface area contributed by atoms with E-state index in [-0.39, 0.29) is 12.4 Å². The minimum atomic E-state index is -0.982. The fourth-order valence-corrected chi connectivity index (χ4v) is 1.87. The van der Waals surface area contributed by atoms with Gasteiger partial charge in [0, 0.05) is 0 Å². The number of nitrogens with two attached hydrogens (primary N) is 1. The number of halogens is 1. The Bertz CT molecular complexity index is 586. The van der Waals surface area contributed by atoms with Gasteiger partial charge >= 0.3 is 5.97 Å². The van der Waals surface area contributed by atoms with Crippen LogP contribution in [0.1, 0.15) is 5.56 Å². The maximum atomic E-state index is 10.7. The van der Waals surface area contributed by atoms with Gasteiger partial charge in [-0.3, -0.25) is 4.79 Å². The molecule has 5 heteroatoms. The molecule has 2 rings (SSSR count). The van der Waals surface area contributed by atoms with Crippen LogP contribution in [0.3, 0.4) is 0 Å². The fourth-order valence-electron chi connectivity index (χ4n) is 1.87. The summed E-state index contributed by atoms with van der Waals surface area (Å²) in [5, 5.41) is 10.9. The molecule has 1 atom stereocenters. The molecule has 0 fully saturated rings. The normalized spacial score (nSPS) is 11.7. The highest BCUT2D eigenvalue weighted by Gasteiger charge is 2.12. The summed E-state index contributed by atoms with van der Waals surface area (Å²) in [4.78, 5) is 10.7. The molecule has 0 heterocycles. The molecule has 0 aromatic heterocycles. The highest BCUT2D eigenvalue weighted by molar-refractivity contribution is 5.85. The quantitative estimate of drug-likeness (QED) is 0.901. The molecule has 0 bridgehead atoms. The van der Waals surface area contributed by atoms with E-state index in [0.29, 0.717) is 6.42 Å². The first-order valence-electron chi connectivity index (χ1n) is 5.65. The molecule has 19 heavy (non-hydrogen) atoms. The smallest absolute Gasteiger partial charge is 0.320 e. The highest BCUT2D eigenvalue weighted by atomic mass is 35.5. The first-order valence-corrected chi connectivity index (χ1v) is 5.65. The van der Waals surface area contributed by atoms with Crippen LogP contribution < -0.4 is 10.5 Å². The van der Waals surface area contributed by atoms with Gasteiger partial charge in [-0.1, -0.05) is 24.3 Å². The van der Waals surface area contributed by atoms with Crippen LogP contribution in [-0.4, -0.2) is 24.2 Å². The Balaban J connectivity index is 0.00000180. The number of benzene rings is 2. The van der Waals surface area contributed by atoms with Crippen molar-refractivity contribution in [2.75, 3.05) is 7.11 Å². The molecule has 0 saturated heterocycles. The maximum absolute atomic E-state index is 10.7. The molecule has 102 valence electrons. The lowest BCUT2D eigenvalue weighted by Crippen LogP contribution is -2.32. The Hall–Kier alpha value is -1.78. The van der Waals surface area contributed by atoms with Crippen molar-refractivity contribution in [2.24, 2.45) is 5.73 Å². The summed E-state index contributed by atoms with van der Waals surface area (Å²) in [5.74, 6) is -0.178. The number of carbonyl (C=O) groups is 1. The minimum absolute atomic E-state index is 0. The van der Waals surface area contributed by atoms with E-state index < -0.39 is 12.0 Å². The second-order valence-electron chi connectivity index (χ2n) is 4.20. The number of hydrogen-bond donors (Lipinski definition) is 2. The van der Waals surface area contributed by atoms with Crippen LogP contribution in [0.5, 0.6) is 5.75 Å². The van der Waals surface area contributed by atoms with Crippen LogP contribution in [0.15, 0.2) is 36.4 Å². The maximum Gasteiger partial charge on any atom is 0.320 e. The number of carboxylic acid groups (broad SMARTS) is 1. The first kappa shape index (κ1) is 15.3. The Kier molecular flexibility index (Phi) is 5.15. The summed E-state index contributed by atoms with van der Waals surface area (Å²) in [7, 11) is 1.63. The Morgan fingerprint density at radius 1 is 1.26 bits per heavy atom. The number of methoxy groups -OCH3 is 1. The lowest BCUT2D eigenvalue weighted by molar-refractivity contribution is -0.138. The van der Waals surface area contributed by atoms with Crippen LogP contribution >= 0.6 is 12.4 Å². The molecule has 0 amide bonds. The van der Waals surface area contributed by atoms with Crippen molar-refractivity contribution >= 4 is 29.1 Å². The van der Waals surface area contributed by atoms with E-state index in [1.165, 1.54) is 0 Å². The summed E-state index contributed by atoms with van der Waals surface area (Å²) in [6, 6.07) is 10.7. The Morgan fingerprint density at radius 2 is 1.89 bits per heavy atom. The second kappa shape index (κ2) is 6.41. The average Bonchev–Trinajstić information content (AvgIpc) is 2.37. The van der Waals surface area contributed by atoms with E-state index in [4.69, 9.17) is 15.6 Å². The number of rotatable bonds is 4. The molecule has 0 aliphatic rings. The van der Waals surface area contributed by atoms with E-state index in [9.17, 15) is 4.79 Å². The zero-order valence-electron chi connectivity index (χ0n) is 10.5. The summed E-state index contributed by atoms with van der Waals surface area (Å²) >= 11 is 0. The van der Waals surface area contributed by atoms with Gasteiger partial charge in [-0.05, 0) is 34.9 Å². The molecule has 0 saturated carbocycles. The minimum Gasteiger partial charge on any atom is -0.497 e. The molecule has 0 aliphatic heterocycles. The molecule has 2 aromatic rings. The van der Waals surface area contributed by atoms with E-state index in [2.05, 4.69) is 0 Å². The third-order valence-electron chi connectivity index (χ3n) is 2.88. The van der Waals surface area contributed by atoms with Gasteiger partial charge in [-0.25, -0.2) is 0 Å². The van der Waals surface area contributed by atoms with Crippen molar-refractivity contribution in [1.29, 1.82) is 0 Å². The molecule has 0 spiro atoms. The van der Waals surface area contributed by atoms with Gasteiger partial charge in [0.05, 0.1) is 7.11 Å². The van der Waals surface area contributed by atoms with E-state index in [1.807, 2.05) is 36.4 Å². The molecule has 0 aliphatic carbocycles. The van der Waals surface area contributed by atoms with Gasteiger partial charge in [0.25, 0.3) is 0 Å². The number of ether oxygens (including phenoxy) is 1. The van der Waals surface area contributed by atoms with Gasteiger partial charge < -0.3 is 15.6 Å². The molecule has 4 nitrogen and oxygen atoms in total. The zero-order valence-corrected chi connectivity index (χ0v) is 11.3. The molecule has 0 radical (unpaired) electrons. The predicted octanol–water partition coefficient (Wildman–Crippen LogP) is 2.22. The number of fused-ring (bicyclic) bond motifs is 1. The van der Waals surface area contributed by atoms with Crippen molar-refractivity contribution < 1.29 is 14.6 Å². The summed E-state index contributed by atoms with van der Waals surface area (Å²) in [6.07, 6.45) is 0.331. The largest absolute Gasteiger partial charge is 0.497 e. The monoisotopic (exact) mass is 281 g/mol. The number of carboxylic acids is 1. The third-order valence-corrected chi connectivity index (χ3v) is 2.88. The number of aliphatic carboxylic acids is 1. The summed E-state index contributed by atoms with van der Waals surface area (Å²) in [5.41, 5.74) is 6.44. The summed E-state index contributed by atoms with van der Waals surface area (Å²) < 4.78 is 5.15. The summed E-state index contributed by atoms with van der Waals surface area (Å²) in [6.45, 7) is 0. The van der Waals surface area contributed by atoms with Gasteiger partial charge in [0.1, 0.15) is 11.8 Å². The van der Waals surface area contributed by atoms with Crippen LogP contribution in [0.25, 0.3) is 10.8 Å². The van der Waals surface area contributed by atoms with Crippen LogP contribution in [0, 0.1) is 0 Å². The topological polar surface area (TPSA) is 72.5 Å². The second-order valence-corrected chi connectivity index (χ2v) is 4.20. The SMILES string of the molecule is COc1ccc2cc(CC(N)C(=O)O)ccc2c1.Cl. The van der Waals surface area contributed by atoms with Crippen molar-refractivity contribution in [1.82, 2.24) is 0 Å². The molecule has 2 aromatic carbocycles. The van der Waals surface area contributed by atoms with E-state index in [0.717, 1.165) is 22.1 Å². The van der Waals surface area contributed by atoms with Gasteiger partial charge in [0.2, 0.25) is 0 Å². The Morgan fingerprint density at radius 3 is 2.53 bits per heavy atom. The van der Waals surface area contributed by atoms with Crippen LogP contribution in [0.2, 0.25) is 0 Å². The van der Waals surface area contributed by atoms with Crippen LogP contribution in [-0.2, 0) is 11.2 Å². The van der Waals surface area contributed by atoms with E-state index in [1.54, 1.807) is 7.11 Å². The van der Waals surface area contributed by atoms with Crippen molar-refractivity contribution in [2.45, 2.75) is 12.5 Å². The Labute approximate surface area is 117 Å². The lowest BCUT2D eigenvalue weighted by atomic mass is 10.0. The zero-order chi connectivity index (χ0) is 13.1. The molecular weight excluding hydrogens is 266 g/mol. The van der Waals surface area contributed by atoms with Gasteiger partial charge in [-0.15, -0.1) is 12.4 Å². The predicted molar refractivity (Wildman–Crippen MR) is 77.1 cm³/mol. The first-order chi connectivity index (χ1) is 8.60. The van der Waals surface area contributed by atoms with Gasteiger partial charge in [0.15, 0.2) is 0 Å². The van der Waals surface area contributed by atoms with Crippen molar-refractivity contribution in [3.63, 3.8) is 0 Å². The van der Waals surface area contributed by atoms with Gasteiger partial charge in [-0.2, -0.15) is 0 Å². The molecule has 1 unspecified atom stereocenters. The highest BCUT2D eigenvalue weighted by Crippen LogP contribution is 2.22. The molecule has 3 N–H and O–H groups in total. The van der Waals surface area contributed by atoms with Crippen molar-refractivity contribution in [3.05, 3.63) is 42.0 Å². The lowest BCUT2D eigenvalue weighted by Gasteiger charge is -2.08. The fraction of sp³-hybridized carbons (Fsp3) is 0.214. The van der Waals surface area contributed by atoms with E-state index >= 15 is 0 Å². The number of hydrogen-bond acceptors (Lipinski definition) is 3. The van der Waals surface area contributed by atoms with Crippen LogP contribution in [0.4, 0.5) is 0 Å².